The summed E-state index contributed by atoms with van der Waals surface area (Å²) in [4.78, 5) is 19.1. The number of rotatable bonds is 3. The summed E-state index contributed by atoms with van der Waals surface area (Å²) in [6.45, 7) is 12.4. The quantitative estimate of drug-likeness (QED) is 0.850. The SMILES string of the molecule is CCc1cc(C(=O)N2CCN(C(C)C)CC2)sc1C. The van der Waals surface area contributed by atoms with Crippen LogP contribution < -0.4 is 0 Å². The summed E-state index contributed by atoms with van der Waals surface area (Å²) in [5.41, 5.74) is 1.31. The topological polar surface area (TPSA) is 23.6 Å². The van der Waals surface area contributed by atoms with Crippen molar-refractivity contribution in [1.82, 2.24) is 9.80 Å². The molecule has 0 spiro atoms. The van der Waals surface area contributed by atoms with Crippen molar-refractivity contribution in [1.29, 1.82) is 0 Å². The van der Waals surface area contributed by atoms with Gasteiger partial charge < -0.3 is 4.90 Å². The first kappa shape index (κ1) is 14.5. The molecule has 1 aromatic rings. The summed E-state index contributed by atoms with van der Waals surface area (Å²) in [5, 5.41) is 0. The molecule has 2 rings (SSSR count). The Bertz CT molecular complexity index is 445. The molecule has 0 atom stereocenters. The minimum atomic E-state index is 0.219. The van der Waals surface area contributed by atoms with Crippen LogP contribution in [0.3, 0.4) is 0 Å². The van der Waals surface area contributed by atoms with Gasteiger partial charge in [0, 0.05) is 37.1 Å². The normalized spacial score (nSPS) is 17.2. The maximum absolute atomic E-state index is 12.5. The van der Waals surface area contributed by atoms with E-state index in [1.807, 2.05) is 4.90 Å². The van der Waals surface area contributed by atoms with Crippen molar-refractivity contribution in [2.24, 2.45) is 0 Å². The summed E-state index contributed by atoms with van der Waals surface area (Å²) in [6, 6.07) is 2.66. The van der Waals surface area contributed by atoms with E-state index in [4.69, 9.17) is 0 Å². The molecule has 0 unspecified atom stereocenters. The van der Waals surface area contributed by atoms with Gasteiger partial charge in [0.2, 0.25) is 0 Å². The van der Waals surface area contributed by atoms with Gasteiger partial charge in [0.05, 0.1) is 4.88 Å². The third-order valence-corrected chi connectivity index (χ3v) is 5.02. The van der Waals surface area contributed by atoms with Gasteiger partial charge in [0.25, 0.3) is 5.91 Å². The molecule has 1 amide bonds. The molecule has 0 saturated carbocycles. The molecular formula is C15H24N2OS. The van der Waals surface area contributed by atoms with Crippen molar-refractivity contribution in [3.05, 3.63) is 21.4 Å². The first-order valence-corrected chi connectivity index (χ1v) is 7.97. The van der Waals surface area contributed by atoms with E-state index in [1.54, 1.807) is 11.3 Å². The van der Waals surface area contributed by atoms with E-state index in [1.165, 1.54) is 10.4 Å². The lowest BCUT2D eigenvalue weighted by molar-refractivity contribution is 0.0600. The highest BCUT2D eigenvalue weighted by Gasteiger charge is 2.24. The Morgan fingerprint density at radius 3 is 2.42 bits per heavy atom. The minimum absolute atomic E-state index is 0.219. The highest BCUT2D eigenvalue weighted by molar-refractivity contribution is 7.14. The Morgan fingerprint density at radius 2 is 1.95 bits per heavy atom. The molecule has 3 nitrogen and oxygen atoms in total. The average Bonchev–Trinajstić information content (AvgIpc) is 2.79. The zero-order valence-electron chi connectivity index (χ0n) is 12.4. The maximum Gasteiger partial charge on any atom is 0.264 e. The van der Waals surface area contributed by atoms with E-state index in [-0.39, 0.29) is 5.91 Å². The van der Waals surface area contributed by atoms with Gasteiger partial charge in [-0.05, 0) is 38.8 Å². The van der Waals surface area contributed by atoms with Crippen LogP contribution in [0.2, 0.25) is 0 Å². The number of aryl methyl sites for hydroxylation is 2. The van der Waals surface area contributed by atoms with Gasteiger partial charge in [0.15, 0.2) is 0 Å². The van der Waals surface area contributed by atoms with E-state index in [2.05, 4.69) is 38.7 Å². The van der Waals surface area contributed by atoms with Crippen LogP contribution in [0.5, 0.6) is 0 Å². The smallest absolute Gasteiger partial charge is 0.264 e. The lowest BCUT2D eigenvalue weighted by atomic mass is 10.2. The number of piperazine rings is 1. The highest BCUT2D eigenvalue weighted by atomic mass is 32.1. The van der Waals surface area contributed by atoms with E-state index in [0.29, 0.717) is 6.04 Å². The van der Waals surface area contributed by atoms with Gasteiger partial charge in [-0.15, -0.1) is 11.3 Å². The lowest BCUT2D eigenvalue weighted by Crippen LogP contribution is -2.50. The van der Waals surface area contributed by atoms with Crippen LogP contribution >= 0.6 is 11.3 Å². The molecule has 2 heterocycles. The molecule has 1 aromatic heterocycles. The van der Waals surface area contributed by atoms with E-state index >= 15 is 0 Å². The number of nitrogens with zero attached hydrogens (tertiary/aromatic N) is 2. The van der Waals surface area contributed by atoms with Gasteiger partial charge >= 0.3 is 0 Å². The summed E-state index contributed by atoms with van der Waals surface area (Å²) < 4.78 is 0. The van der Waals surface area contributed by atoms with Crippen LogP contribution in [0.25, 0.3) is 0 Å². The molecule has 106 valence electrons. The first-order valence-electron chi connectivity index (χ1n) is 7.15. The third-order valence-electron chi connectivity index (χ3n) is 3.94. The van der Waals surface area contributed by atoms with Crippen LogP contribution in [0.4, 0.5) is 0 Å². The Balaban J connectivity index is 2.01. The fraction of sp³-hybridized carbons (Fsp3) is 0.667. The van der Waals surface area contributed by atoms with Crippen LogP contribution in [-0.4, -0.2) is 47.9 Å². The summed E-state index contributed by atoms with van der Waals surface area (Å²) in [6.07, 6.45) is 1.01. The van der Waals surface area contributed by atoms with Gasteiger partial charge in [-0.1, -0.05) is 6.92 Å². The Morgan fingerprint density at radius 1 is 1.32 bits per heavy atom. The highest BCUT2D eigenvalue weighted by Crippen LogP contribution is 2.24. The van der Waals surface area contributed by atoms with E-state index < -0.39 is 0 Å². The maximum atomic E-state index is 12.5. The molecule has 0 N–H and O–H groups in total. The van der Waals surface area contributed by atoms with Crippen LogP contribution in [0.1, 0.15) is 40.9 Å². The van der Waals surface area contributed by atoms with Crippen LogP contribution in [0.15, 0.2) is 6.07 Å². The van der Waals surface area contributed by atoms with Crippen molar-refractivity contribution in [2.75, 3.05) is 26.2 Å². The van der Waals surface area contributed by atoms with Crippen LogP contribution in [0, 0.1) is 6.92 Å². The van der Waals surface area contributed by atoms with Gasteiger partial charge in [0.1, 0.15) is 0 Å². The lowest BCUT2D eigenvalue weighted by Gasteiger charge is -2.36. The fourth-order valence-corrected chi connectivity index (χ4v) is 3.66. The molecular weight excluding hydrogens is 256 g/mol. The largest absolute Gasteiger partial charge is 0.335 e. The summed E-state index contributed by atoms with van der Waals surface area (Å²) in [5.74, 6) is 0.219. The number of carbonyl (C=O) groups is 1. The standard InChI is InChI=1S/C15H24N2OS/c1-5-13-10-14(19-12(13)4)15(18)17-8-6-16(7-9-17)11(2)3/h10-11H,5-9H2,1-4H3. The predicted octanol–water partition coefficient (Wildman–Crippen LogP) is 2.79. The van der Waals surface area contributed by atoms with Crippen molar-refractivity contribution in [2.45, 2.75) is 40.2 Å². The Labute approximate surface area is 120 Å². The Hall–Kier alpha value is -0.870. The summed E-state index contributed by atoms with van der Waals surface area (Å²) in [7, 11) is 0. The van der Waals surface area contributed by atoms with Crippen molar-refractivity contribution in [3.63, 3.8) is 0 Å². The average molecular weight is 280 g/mol. The van der Waals surface area contributed by atoms with E-state index in [9.17, 15) is 4.79 Å². The van der Waals surface area contributed by atoms with Gasteiger partial charge in [-0.25, -0.2) is 0 Å². The molecule has 1 saturated heterocycles. The first-order chi connectivity index (χ1) is 9.02. The number of hydrogen-bond donors (Lipinski definition) is 0. The number of hydrogen-bond acceptors (Lipinski definition) is 3. The van der Waals surface area contributed by atoms with Crippen molar-refractivity contribution >= 4 is 17.2 Å². The zero-order valence-corrected chi connectivity index (χ0v) is 13.2. The zero-order chi connectivity index (χ0) is 14.0. The molecule has 4 heteroatoms. The number of amides is 1. The summed E-state index contributed by atoms with van der Waals surface area (Å²) >= 11 is 1.64. The van der Waals surface area contributed by atoms with Crippen molar-refractivity contribution in [3.8, 4) is 0 Å². The molecule has 19 heavy (non-hydrogen) atoms. The van der Waals surface area contributed by atoms with Gasteiger partial charge in [-0.3, -0.25) is 9.69 Å². The number of carbonyl (C=O) groups excluding carboxylic acids is 1. The monoisotopic (exact) mass is 280 g/mol. The molecule has 0 radical (unpaired) electrons. The molecule has 1 aliphatic rings. The van der Waals surface area contributed by atoms with Crippen molar-refractivity contribution < 1.29 is 4.79 Å². The molecule has 1 fully saturated rings. The minimum Gasteiger partial charge on any atom is -0.335 e. The van der Waals surface area contributed by atoms with Crippen LogP contribution in [-0.2, 0) is 6.42 Å². The molecule has 0 aromatic carbocycles. The fourth-order valence-electron chi connectivity index (χ4n) is 2.57. The molecule has 0 aliphatic carbocycles. The second kappa shape index (κ2) is 6.06. The second-order valence-corrected chi connectivity index (χ2v) is 6.72. The second-order valence-electron chi connectivity index (χ2n) is 5.47. The molecule has 0 bridgehead atoms. The predicted molar refractivity (Wildman–Crippen MR) is 81.0 cm³/mol. The third kappa shape index (κ3) is 3.18. The molecule has 1 aliphatic heterocycles. The Kier molecular flexibility index (Phi) is 4.63. The van der Waals surface area contributed by atoms with Gasteiger partial charge in [-0.2, -0.15) is 0 Å². The number of thiophene rings is 1. The van der Waals surface area contributed by atoms with E-state index in [0.717, 1.165) is 37.5 Å².